The molecule has 0 aromatic heterocycles. The highest BCUT2D eigenvalue weighted by atomic mass is 16.7. The molecule has 0 N–H and O–H groups in total. The maximum atomic E-state index is 10.9. The first-order valence-corrected chi connectivity index (χ1v) is 3.45. The topological polar surface area (TPSA) is 47.9 Å². The molecule has 0 aromatic carbocycles. The van der Waals surface area contributed by atoms with Gasteiger partial charge in [0.05, 0.1) is 12.8 Å². The SMILES string of the molecule is COC(=O)[C@@H]1ON=C(C)[C@H]1C. The molecule has 1 heterocycles. The summed E-state index contributed by atoms with van der Waals surface area (Å²) in [7, 11) is 1.34. The largest absolute Gasteiger partial charge is 0.466 e. The molecule has 4 nitrogen and oxygen atoms in total. The highest BCUT2D eigenvalue weighted by Gasteiger charge is 2.34. The lowest BCUT2D eigenvalue weighted by Gasteiger charge is -2.09. The van der Waals surface area contributed by atoms with Crippen LogP contribution in [0.5, 0.6) is 0 Å². The Morgan fingerprint density at radius 3 is 2.73 bits per heavy atom. The van der Waals surface area contributed by atoms with Gasteiger partial charge in [-0.05, 0) is 6.92 Å². The van der Waals surface area contributed by atoms with Gasteiger partial charge in [0.25, 0.3) is 0 Å². The number of esters is 1. The fourth-order valence-corrected chi connectivity index (χ4v) is 0.897. The molecule has 1 rings (SSSR count). The minimum Gasteiger partial charge on any atom is -0.466 e. The van der Waals surface area contributed by atoms with Gasteiger partial charge in [-0.2, -0.15) is 0 Å². The lowest BCUT2D eigenvalue weighted by Crippen LogP contribution is -2.29. The first-order chi connectivity index (χ1) is 5.16. The second kappa shape index (κ2) is 2.90. The van der Waals surface area contributed by atoms with E-state index in [9.17, 15) is 4.79 Å². The molecule has 0 radical (unpaired) electrons. The third kappa shape index (κ3) is 1.34. The Bertz CT molecular complexity index is 200. The smallest absolute Gasteiger partial charge is 0.350 e. The molecule has 4 heteroatoms. The minimum atomic E-state index is -0.542. The van der Waals surface area contributed by atoms with Crippen LogP contribution in [0.4, 0.5) is 0 Å². The number of ether oxygens (including phenoxy) is 1. The van der Waals surface area contributed by atoms with Crippen molar-refractivity contribution < 1.29 is 14.4 Å². The fourth-order valence-electron chi connectivity index (χ4n) is 0.897. The summed E-state index contributed by atoms with van der Waals surface area (Å²) in [5.74, 6) is -0.333. The Hall–Kier alpha value is -1.06. The summed E-state index contributed by atoms with van der Waals surface area (Å²) < 4.78 is 4.52. The van der Waals surface area contributed by atoms with Crippen LogP contribution in [0.2, 0.25) is 0 Å². The quantitative estimate of drug-likeness (QED) is 0.523. The fraction of sp³-hybridized carbons (Fsp3) is 0.714. The summed E-state index contributed by atoms with van der Waals surface area (Å²) in [6.45, 7) is 3.71. The van der Waals surface area contributed by atoms with Crippen LogP contribution in [0.25, 0.3) is 0 Å². The van der Waals surface area contributed by atoms with Crippen molar-refractivity contribution >= 4 is 11.7 Å². The van der Waals surface area contributed by atoms with E-state index >= 15 is 0 Å². The van der Waals surface area contributed by atoms with Crippen molar-refractivity contribution in [1.82, 2.24) is 0 Å². The van der Waals surface area contributed by atoms with Crippen molar-refractivity contribution in [3.05, 3.63) is 0 Å². The highest BCUT2D eigenvalue weighted by molar-refractivity contribution is 5.91. The molecular weight excluding hydrogens is 146 g/mol. The number of nitrogens with zero attached hydrogens (tertiary/aromatic N) is 1. The molecule has 0 spiro atoms. The van der Waals surface area contributed by atoms with Crippen LogP contribution in [0, 0.1) is 5.92 Å². The van der Waals surface area contributed by atoms with Crippen molar-refractivity contribution in [2.45, 2.75) is 20.0 Å². The van der Waals surface area contributed by atoms with E-state index in [2.05, 4.69) is 9.89 Å². The zero-order valence-electron chi connectivity index (χ0n) is 6.83. The summed E-state index contributed by atoms with van der Waals surface area (Å²) in [4.78, 5) is 15.8. The van der Waals surface area contributed by atoms with Crippen LogP contribution >= 0.6 is 0 Å². The van der Waals surface area contributed by atoms with Crippen molar-refractivity contribution in [3.8, 4) is 0 Å². The van der Waals surface area contributed by atoms with Gasteiger partial charge in [0.2, 0.25) is 6.10 Å². The molecule has 1 aliphatic heterocycles. The minimum absolute atomic E-state index is 0.0300. The summed E-state index contributed by atoms with van der Waals surface area (Å²) in [6, 6.07) is 0. The molecule has 0 aliphatic carbocycles. The average Bonchev–Trinajstić information content (AvgIpc) is 2.32. The Kier molecular flexibility index (Phi) is 2.12. The van der Waals surface area contributed by atoms with E-state index in [0.29, 0.717) is 0 Å². The van der Waals surface area contributed by atoms with Gasteiger partial charge < -0.3 is 9.57 Å². The maximum Gasteiger partial charge on any atom is 0.350 e. The van der Waals surface area contributed by atoms with Gasteiger partial charge in [0.1, 0.15) is 0 Å². The van der Waals surface area contributed by atoms with Gasteiger partial charge in [0, 0.05) is 5.92 Å². The molecule has 0 saturated carbocycles. The van der Waals surface area contributed by atoms with Gasteiger partial charge in [-0.3, -0.25) is 0 Å². The number of carbonyl (C=O) groups is 1. The monoisotopic (exact) mass is 157 g/mol. The van der Waals surface area contributed by atoms with Crippen molar-refractivity contribution in [1.29, 1.82) is 0 Å². The molecule has 2 atom stereocenters. The molecule has 1 aliphatic rings. The van der Waals surface area contributed by atoms with Crippen LogP contribution in [0.15, 0.2) is 5.16 Å². The van der Waals surface area contributed by atoms with E-state index in [4.69, 9.17) is 4.84 Å². The maximum absolute atomic E-state index is 10.9. The van der Waals surface area contributed by atoms with Gasteiger partial charge in [-0.25, -0.2) is 4.79 Å². The lowest BCUT2D eigenvalue weighted by molar-refractivity contribution is -0.154. The van der Waals surface area contributed by atoms with Crippen molar-refractivity contribution in [2.75, 3.05) is 7.11 Å². The Morgan fingerprint density at radius 2 is 2.36 bits per heavy atom. The van der Waals surface area contributed by atoms with Gasteiger partial charge in [0.15, 0.2) is 0 Å². The number of hydrogen-bond donors (Lipinski definition) is 0. The molecule has 11 heavy (non-hydrogen) atoms. The number of rotatable bonds is 1. The normalized spacial score (nSPS) is 29.2. The molecule has 0 unspecified atom stereocenters. The first kappa shape index (κ1) is 8.04. The third-order valence-corrected chi connectivity index (χ3v) is 1.86. The average molecular weight is 157 g/mol. The third-order valence-electron chi connectivity index (χ3n) is 1.86. The number of carbonyl (C=O) groups excluding carboxylic acids is 1. The molecule has 0 fully saturated rings. The van der Waals surface area contributed by atoms with Crippen LogP contribution in [-0.2, 0) is 14.4 Å². The number of hydrogen-bond acceptors (Lipinski definition) is 4. The van der Waals surface area contributed by atoms with Crippen LogP contribution in [0.3, 0.4) is 0 Å². The Labute approximate surface area is 65.2 Å². The zero-order valence-corrected chi connectivity index (χ0v) is 6.83. The highest BCUT2D eigenvalue weighted by Crippen LogP contribution is 2.18. The van der Waals surface area contributed by atoms with Crippen molar-refractivity contribution in [2.24, 2.45) is 11.1 Å². The standard InChI is InChI=1S/C7H11NO3/c1-4-5(2)8-11-6(4)7(9)10-3/h4,6H,1-3H3/t4-,6-/m1/s1. The van der Waals surface area contributed by atoms with E-state index in [-0.39, 0.29) is 11.9 Å². The van der Waals surface area contributed by atoms with E-state index in [1.807, 2.05) is 13.8 Å². The molecule has 0 aromatic rings. The molecule has 62 valence electrons. The van der Waals surface area contributed by atoms with Gasteiger partial charge in [-0.1, -0.05) is 12.1 Å². The summed E-state index contributed by atoms with van der Waals surface area (Å²) in [6.07, 6.45) is -0.542. The van der Waals surface area contributed by atoms with E-state index in [1.54, 1.807) is 0 Å². The summed E-state index contributed by atoms with van der Waals surface area (Å²) in [5.41, 5.74) is 0.834. The summed E-state index contributed by atoms with van der Waals surface area (Å²) in [5, 5.41) is 3.68. The van der Waals surface area contributed by atoms with Crippen LogP contribution < -0.4 is 0 Å². The lowest BCUT2D eigenvalue weighted by atomic mass is 10.0. The van der Waals surface area contributed by atoms with Crippen molar-refractivity contribution in [3.63, 3.8) is 0 Å². The van der Waals surface area contributed by atoms with Gasteiger partial charge >= 0.3 is 5.97 Å². The van der Waals surface area contributed by atoms with Crippen LogP contribution in [0.1, 0.15) is 13.8 Å². The second-order valence-electron chi connectivity index (χ2n) is 2.57. The second-order valence-corrected chi connectivity index (χ2v) is 2.57. The van der Waals surface area contributed by atoms with Gasteiger partial charge in [-0.15, -0.1) is 0 Å². The molecule has 0 saturated heterocycles. The zero-order chi connectivity index (χ0) is 8.43. The van der Waals surface area contributed by atoms with E-state index in [0.717, 1.165) is 5.71 Å². The summed E-state index contributed by atoms with van der Waals surface area (Å²) >= 11 is 0. The molecular formula is C7H11NO3. The molecule has 0 bridgehead atoms. The molecule has 0 amide bonds. The van der Waals surface area contributed by atoms with E-state index in [1.165, 1.54) is 7.11 Å². The first-order valence-electron chi connectivity index (χ1n) is 3.45. The predicted molar refractivity (Wildman–Crippen MR) is 39.2 cm³/mol. The van der Waals surface area contributed by atoms with Crippen LogP contribution in [-0.4, -0.2) is 24.9 Å². The Morgan fingerprint density at radius 1 is 1.73 bits per heavy atom. The Balaban J connectivity index is 2.60. The number of methoxy groups -OCH3 is 1. The number of oxime groups is 1. The predicted octanol–water partition coefficient (Wildman–Crippen LogP) is 0.570. The van der Waals surface area contributed by atoms with E-state index < -0.39 is 6.10 Å².